The topological polar surface area (TPSA) is 87.7 Å². The Labute approximate surface area is 129 Å². The van der Waals surface area contributed by atoms with Gasteiger partial charge in [0.1, 0.15) is 6.10 Å². The Morgan fingerprint density at radius 1 is 1.33 bits per heavy atom. The molecule has 1 fully saturated rings. The molecule has 7 nitrogen and oxygen atoms in total. The fraction of sp³-hybridized carbons (Fsp3) is 0.769. The van der Waals surface area contributed by atoms with E-state index in [2.05, 4.69) is 10.6 Å². The van der Waals surface area contributed by atoms with Crippen molar-refractivity contribution in [2.75, 3.05) is 44.8 Å². The summed E-state index contributed by atoms with van der Waals surface area (Å²) in [7, 11) is 1.53. The predicted molar refractivity (Wildman–Crippen MR) is 81.0 cm³/mol. The van der Waals surface area contributed by atoms with Gasteiger partial charge in [0.2, 0.25) is 11.8 Å². The number of ether oxygens (including phenoxy) is 1. The van der Waals surface area contributed by atoms with Crippen LogP contribution in [0.3, 0.4) is 0 Å². The van der Waals surface area contributed by atoms with Gasteiger partial charge in [0.15, 0.2) is 0 Å². The van der Waals surface area contributed by atoms with Crippen molar-refractivity contribution in [1.29, 1.82) is 0 Å². The second-order valence-electron chi connectivity index (χ2n) is 4.63. The minimum atomic E-state index is -0.340. The van der Waals surface area contributed by atoms with Crippen molar-refractivity contribution in [1.82, 2.24) is 15.5 Å². The van der Waals surface area contributed by atoms with E-state index in [9.17, 15) is 14.4 Å². The molecule has 0 bridgehead atoms. The number of carbonyl (C=O) groups is 3. The highest BCUT2D eigenvalue weighted by Crippen LogP contribution is 2.12. The summed E-state index contributed by atoms with van der Waals surface area (Å²) >= 11 is 1.27. The van der Waals surface area contributed by atoms with Crippen molar-refractivity contribution < 1.29 is 19.1 Å². The lowest BCUT2D eigenvalue weighted by atomic mass is 10.3. The van der Waals surface area contributed by atoms with Crippen LogP contribution in [-0.2, 0) is 19.1 Å². The summed E-state index contributed by atoms with van der Waals surface area (Å²) in [6, 6.07) is 0. The predicted octanol–water partition coefficient (Wildman–Crippen LogP) is -0.781. The molecule has 2 N–H and O–H groups in total. The van der Waals surface area contributed by atoms with E-state index in [1.54, 1.807) is 4.90 Å². The lowest BCUT2D eigenvalue weighted by Gasteiger charge is -2.16. The van der Waals surface area contributed by atoms with Crippen LogP contribution in [0.15, 0.2) is 0 Å². The highest BCUT2D eigenvalue weighted by Gasteiger charge is 2.30. The van der Waals surface area contributed by atoms with E-state index >= 15 is 0 Å². The summed E-state index contributed by atoms with van der Waals surface area (Å²) in [5, 5.41) is 5.41. The molecule has 0 aliphatic carbocycles. The normalized spacial score (nSPS) is 17.9. The number of nitrogens with one attached hydrogen (secondary N) is 2. The van der Waals surface area contributed by atoms with Gasteiger partial charge in [-0.05, 0) is 6.92 Å². The van der Waals surface area contributed by atoms with Gasteiger partial charge in [0, 0.05) is 39.7 Å². The Hall–Kier alpha value is -1.28. The van der Waals surface area contributed by atoms with Crippen LogP contribution in [-0.4, -0.2) is 73.5 Å². The Morgan fingerprint density at radius 3 is 2.57 bits per heavy atom. The molecule has 0 spiro atoms. The molecule has 0 aromatic heterocycles. The third kappa shape index (κ3) is 6.34. The molecule has 1 rings (SSSR count). The number of hydrogen-bond acceptors (Lipinski definition) is 5. The smallest absolute Gasteiger partial charge is 0.251 e. The highest BCUT2D eigenvalue weighted by atomic mass is 32.2. The molecule has 8 heteroatoms. The van der Waals surface area contributed by atoms with Gasteiger partial charge in [-0.2, -0.15) is 0 Å². The highest BCUT2D eigenvalue weighted by molar-refractivity contribution is 8.00. The molecule has 1 saturated heterocycles. The molecule has 1 heterocycles. The minimum Gasteiger partial charge on any atom is -0.372 e. The van der Waals surface area contributed by atoms with Crippen LogP contribution in [0.5, 0.6) is 0 Å². The standard InChI is InChI=1S/C13H23N3O4S/c1-3-14-11(17)8-21-9-12(18)15-5-7-16-6-4-10(20-2)13(16)19/h10H,3-9H2,1-2H3,(H,14,17)(H,15,18)/t10-/m1/s1. The van der Waals surface area contributed by atoms with Crippen molar-refractivity contribution in [3.05, 3.63) is 0 Å². The maximum Gasteiger partial charge on any atom is 0.251 e. The molecule has 0 saturated carbocycles. The number of carbonyl (C=O) groups excluding carboxylic acids is 3. The van der Waals surface area contributed by atoms with E-state index in [1.807, 2.05) is 6.92 Å². The fourth-order valence-electron chi connectivity index (χ4n) is 2.02. The van der Waals surface area contributed by atoms with Gasteiger partial charge in [-0.1, -0.05) is 0 Å². The molecular weight excluding hydrogens is 294 g/mol. The lowest BCUT2D eigenvalue weighted by Crippen LogP contribution is -2.38. The van der Waals surface area contributed by atoms with E-state index < -0.39 is 0 Å². The zero-order chi connectivity index (χ0) is 15.7. The zero-order valence-electron chi connectivity index (χ0n) is 12.5. The summed E-state index contributed by atoms with van der Waals surface area (Å²) in [5.41, 5.74) is 0. The Balaban J connectivity index is 2.08. The molecule has 1 aliphatic heterocycles. The van der Waals surface area contributed by atoms with Gasteiger partial charge < -0.3 is 20.3 Å². The van der Waals surface area contributed by atoms with Crippen molar-refractivity contribution in [3.63, 3.8) is 0 Å². The number of thioether (sulfide) groups is 1. The summed E-state index contributed by atoms with van der Waals surface area (Å²) in [5.74, 6) is 0.313. The monoisotopic (exact) mass is 317 g/mol. The fourth-order valence-corrected chi connectivity index (χ4v) is 2.69. The van der Waals surface area contributed by atoms with Crippen LogP contribution in [0.2, 0.25) is 0 Å². The summed E-state index contributed by atoms with van der Waals surface area (Å²) in [6.45, 7) is 4.02. The van der Waals surface area contributed by atoms with Gasteiger partial charge in [-0.25, -0.2) is 0 Å². The molecular formula is C13H23N3O4S. The first-order chi connectivity index (χ1) is 10.1. The van der Waals surface area contributed by atoms with E-state index in [1.165, 1.54) is 18.9 Å². The van der Waals surface area contributed by atoms with E-state index in [0.717, 1.165) is 0 Å². The van der Waals surface area contributed by atoms with Gasteiger partial charge in [-0.3, -0.25) is 14.4 Å². The Morgan fingerprint density at radius 2 is 2.00 bits per heavy atom. The average molecular weight is 317 g/mol. The molecule has 0 unspecified atom stereocenters. The number of likely N-dealkylation sites (tertiary alicyclic amines) is 1. The van der Waals surface area contributed by atoms with Gasteiger partial charge in [0.05, 0.1) is 11.5 Å². The number of nitrogens with zero attached hydrogens (tertiary/aromatic N) is 1. The number of rotatable bonds is 9. The van der Waals surface area contributed by atoms with Crippen LogP contribution >= 0.6 is 11.8 Å². The summed E-state index contributed by atoms with van der Waals surface area (Å²) in [4.78, 5) is 36.2. The molecule has 120 valence electrons. The van der Waals surface area contributed by atoms with E-state index in [-0.39, 0.29) is 35.3 Å². The van der Waals surface area contributed by atoms with Crippen molar-refractivity contribution in [2.24, 2.45) is 0 Å². The zero-order valence-corrected chi connectivity index (χ0v) is 13.3. The second kappa shape index (κ2) is 9.62. The van der Waals surface area contributed by atoms with Crippen LogP contribution < -0.4 is 10.6 Å². The first-order valence-electron chi connectivity index (χ1n) is 7.01. The molecule has 3 amide bonds. The van der Waals surface area contributed by atoms with Crippen LogP contribution in [0, 0.1) is 0 Å². The number of hydrogen-bond donors (Lipinski definition) is 2. The minimum absolute atomic E-state index is 0.0163. The number of methoxy groups -OCH3 is 1. The summed E-state index contributed by atoms with van der Waals surface area (Å²) in [6.07, 6.45) is 0.361. The molecule has 0 radical (unpaired) electrons. The largest absolute Gasteiger partial charge is 0.372 e. The second-order valence-corrected chi connectivity index (χ2v) is 5.62. The van der Waals surface area contributed by atoms with Crippen LogP contribution in [0.25, 0.3) is 0 Å². The Kier molecular flexibility index (Phi) is 8.14. The van der Waals surface area contributed by atoms with Gasteiger partial charge in [-0.15, -0.1) is 11.8 Å². The van der Waals surface area contributed by atoms with E-state index in [0.29, 0.717) is 32.6 Å². The third-order valence-electron chi connectivity index (χ3n) is 3.08. The average Bonchev–Trinajstić information content (AvgIpc) is 2.80. The van der Waals surface area contributed by atoms with Crippen molar-refractivity contribution in [3.8, 4) is 0 Å². The SMILES string of the molecule is CCNC(=O)CSCC(=O)NCCN1CC[C@@H](OC)C1=O. The van der Waals surface area contributed by atoms with Crippen molar-refractivity contribution >= 4 is 29.5 Å². The van der Waals surface area contributed by atoms with Crippen LogP contribution in [0.4, 0.5) is 0 Å². The van der Waals surface area contributed by atoms with Crippen molar-refractivity contribution in [2.45, 2.75) is 19.4 Å². The molecule has 0 aromatic rings. The third-order valence-corrected chi connectivity index (χ3v) is 4.01. The molecule has 1 atom stereocenters. The first-order valence-corrected chi connectivity index (χ1v) is 8.16. The summed E-state index contributed by atoms with van der Waals surface area (Å²) < 4.78 is 5.06. The lowest BCUT2D eigenvalue weighted by molar-refractivity contribution is -0.136. The Bertz CT molecular complexity index is 378. The first kappa shape index (κ1) is 17.8. The maximum atomic E-state index is 11.8. The molecule has 0 aromatic carbocycles. The van der Waals surface area contributed by atoms with E-state index in [4.69, 9.17) is 4.74 Å². The quantitative estimate of drug-likeness (QED) is 0.582. The van der Waals surface area contributed by atoms with Gasteiger partial charge >= 0.3 is 0 Å². The maximum absolute atomic E-state index is 11.8. The molecule has 21 heavy (non-hydrogen) atoms. The van der Waals surface area contributed by atoms with Gasteiger partial charge in [0.25, 0.3) is 5.91 Å². The molecule has 1 aliphatic rings. The number of amides is 3. The van der Waals surface area contributed by atoms with Crippen LogP contribution in [0.1, 0.15) is 13.3 Å².